The van der Waals surface area contributed by atoms with Crippen LogP contribution >= 0.6 is 0 Å². The van der Waals surface area contributed by atoms with Crippen molar-refractivity contribution in [2.75, 3.05) is 23.3 Å². The van der Waals surface area contributed by atoms with Crippen LogP contribution in [0.1, 0.15) is 34.6 Å². The van der Waals surface area contributed by atoms with Crippen molar-refractivity contribution in [2.24, 2.45) is 7.05 Å². The number of anilines is 2. The van der Waals surface area contributed by atoms with Crippen molar-refractivity contribution in [2.45, 2.75) is 25.9 Å². The van der Waals surface area contributed by atoms with Gasteiger partial charge in [0.05, 0.1) is 22.6 Å². The first-order valence-electron chi connectivity index (χ1n) is 8.04. The molecular formula is C17H19F3N4O. The third kappa shape index (κ3) is 3.62. The fourth-order valence-corrected chi connectivity index (χ4v) is 3.06. The van der Waals surface area contributed by atoms with Gasteiger partial charge < -0.3 is 10.2 Å². The average Bonchev–Trinajstić information content (AvgIpc) is 3.16. The first-order chi connectivity index (χ1) is 11.8. The SMILES string of the molecule is Cc1cc(C(=O)Nc2cc(C(F)(F)F)ccc2N2CCCC2)n(C)n1. The van der Waals surface area contributed by atoms with Gasteiger partial charge in [0.2, 0.25) is 0 Å². The second-order valence-corrected chi connectivity index (χ2v) is 6.17. The highest BCUT2D eigenvalue weighted by atomic mass is 19.4. The molecule has 0 aliphatic carbocycles. The largest absolute Gasteiger partial charge is 0.416 e. The molecule has 1 amide bonds. The molecule has 0 radical (unpaired) electrons. The highest BCUT2D eigenvalue weighted by Gasteiger charge is 2.32. The lowest BCUT2D eigenvalue weighted by Crippen LogP contribution is -2.23. The summed E-state index contributed by atoms with van der Waals surface area (Å²) in [5, 5.41) is 6.72. The molecule has 1 aliphatic heterocycles. The molecular weight excluding hydrogens is 333 g/mol. The summed E-state index contributed by atoms with van der Waals surface area (Å²) in [6, 6.07) is 5.07. The summed E-state index contributed by atoms with van der Waals surface area (Å²) >= 11 is 0. The van der Waals surface area contributed by atoms with E-state index < -0.39 is 17.6 Å². The number of aryl methyl sites for hydroxylation is 2. The van der Waals surface area contributed by atoms with Gasteiger partial charge in [-0.25, -0.2) is 0 Å². The number of rotatable bonds is 3. The summed E-state index contributed by atoms with van der Waals surface area (Å²) in [4.78, 5) is 14.5. The molecule has 8 heteroatoms. The maximum atomic E-state index is 13.1. The Balaban J connectivity index is 1.96. The molecule has 0 bridgehead atoms. The van der Waals surface area contributed by atoms with E-state index in [1.165, 1.54) is 10.7 Å². The van der Waals surface area contributed by atoms with Crippen LogP contribution in [0.5, 0.6) is 0 Å². The molecule has 0 atom stereocenters. The molecule has 1 aliphatic rings. The third-order valence-corrected chi connectivity index (χ3v) is 4.25. The van der Waals surface area contributed by atoms with E-state index in [4.69, 9.17) is 0 Å². The number of carbonyl (C=O) groups is 1. The molecule has 3 rings (SSSR count). The number of hydrogen-bond acceptors (Lipinski definition) is 3. The number of carbonyl (C=O) groups excluding carboxylic acids is 1. The van der Waals surface area contributed by atoms with Crippen LogP contribution in [0.4, 0.5) is 24.5 Å². The first-order valence-corrected chi connectivity index (χ1v) is 8.04. The summed E-state index contributed by atoms with van der Waals surface area (Å²) in [5.74, 6) is -0.483. The zero-order chi connectivity index (χ0) is 18.2. The number of nitrogens with zero attached hydrogens (tertiary/aromatic N) is 3. The highest BCUT2D eigenvalue weighted by molar-refractivity contribution is 6.05. The molecule has 0 unspecified atom stereocenters. The van der Waals surface area contributed by atoms with Crippen molar-refractivity contribution in [1.29, 1.82) is 0 Å². The van der Waals surface area contributed by atoms with E-state index in [0.717, 1.165) is 38.1 Å². The lowest BCUT2D eigenvalue weighted by molar-refractivity contribution is -0.137. The Morgan fingerprint density at radius 1 is 1.20 bits per heavy atom. The highest BCUT2D eigenvalue weighted by Crippen LogP contribution is 2.36. The zero-order valence-corrected chi connectivity index (χ0v) is 14.0. The Morgan fingerprint density at radius 2 is 1.88 bits per heavy atom. The molecule has 1 saturated heterocycles. The second-order valence-electron chi connectivity index (χ2n) is 6.17. The molecule has 25 heavy (non-hydrogen) atoms. The fourth-order valence-electron chi connectivity index (χ4n) is 3.06. The van der Waals surface area contributed by atoms with Crippen LogP contribution in [-0.2, 0) is 13.2 Å². The average molecular weight is 352 g/mol. The van der Waals surface area contributed by atoms with E-state index in [2.05, 4.69) is 10.4 Å². The first kappa shape index (κ1) is 17.3. The summed E-state index contributed by atoms with van der Waals surface area (Å²) in [7, 11) is 1.62. The molecule has 134 valence electrons. The second kappa shape index (κ2) is 6.42. The number of alkyl halides is 3. The molecule has 5 nitrogen and oxygen atoms in total. The Hall–Kier alpha value is -2.51. The van der Waals surface area contributed by atoms with Crippen LogP contribution in [-0.4, -0.2) is 28.8 Å². The molecule has 0 saturated carbocycles. The smallest absolute Gasteiger partial charge is 0.370 e. The quantitative estimate of drug-likeness (QED) is 0.918. The normalized spacial score (nSPS) is 14.8. The molecule has 2 heterocycles. The predicted octanol–water partition coefficient (Wildman–Crippen LogP) is 3.60. The van der Waals surface area contributed by atoms with Crippen molar-refractivity contribution < 1.29 is 18.0 Å². The van der Waals surface area contributed by atoms with Crippen molar-refractivity contribution in [3.63, 3.8) is 0 Å². The van der Waals surface area contributed by atoms with Gasteiger partial charge in [0.15, 0.2) is 0 Å². The van der Waals surface area contributed by atoms with Gasteiger partial charge in [-0.3, -0.25) is 9.48 Å². The minimum Gasteiger partial charge on any atom is -0.370 e. The number of halogens is 3. The van der Waals surface area contributed by atoms with Gasteiger partial charge in [0.1, 0.15) is 5.69 Å². The Labute approximate surface area is 143 Å². The molecule has 1 aromatic carbocycles. The van der Waals surface area contributed by atoms with Crippen molar-refractivity contribution in [1.82, 2.24) is 9.78 Å². The minimum atomic E-state index is -4.47. The van der Waals surface area contributed by atoms with Crippen LogP contribution in [0.3, 0.4) is 0 Å². The van der Waals surface area contributed by atoms with E-state index in [0.29, 0.717) is 17.1 Å². The fraction of sp³-hybridized carbons (Fsp3) is 0.412. The van der Waals surface area contributed by atoms with Crippen LogP contribution in [0.2, 0.25) is 0 Å². The molecule has 1 fully saturated rings. The topological polar surface area (TPSA) is 50.2 Å². The van der Waals surface area contributed by atoms with E-state index >= 15 is 0 Å². The number of nitrogens with one attached hydrogen (secondary N) is 1. The van der Waals surface area contributed by atoms with Gasteiger partial charge >= 0.3 is 6.18 Å². The van der Waals surface area contributed by atoms with Gasteiger partial charge in [0, 0.05) is 20.1 Å². The summed E-state index contributed by atoms with van der Waals surface area (Å²) in [6.45, 7) is 3.27. The Morgan fingerprint density at radius 3 is 2.44 bits per heavy atom. The summed E-state index contributed by atoms with van der Waals surface area (Å²) in [6.07, 6.45) is -2.50. The van der Waals surface area contributed by atoms with Gasteiger partial charge in [-0.15, -0.1) is 0 Å². The number of aromatic nitrogens is 2. The van der Waals surface area contributed by atoms with Gasteiger partial charge in [-0.05, 0) is 44.0 Å². The van der Waals surface area contributed by atoms with Crippen LogP contribution in [0, 0.1) is 6.92 Å². The molecule has 1 N–H and O–H groups in total. The maximum absolute atomic E-state index is 13.1. The number of hydrogen-bond donors (Lipinski definition) is 1. The standard InChI is InChI=1S/C17H19F3N4O/c1-11-9-15(23(2)22-11)16(25)21-13-10-12(17(18,19)20)5-6-14(13)24-7-3-4-8-24/h5-6,9-10H,3-4,7-8H2,1-2H3,(H,21,25). The van der Waals surface area contributed by atoms with E-state index in [9.17, 15) is 18.0 Å². The maximum Gasteiger partial charge on any atom is 0.416 e. The van der Waals surface area contributed by atoms with Crippen molar-refractivity contribution >= 4 is 17.3 Å². The van der Waals surface area contributed by atoms with Crippen LogP contribution < -0.4 is 10.2 Å². The molecule has 0 spiro atoms. The van der Waals surface area contributed by atoms with Crippen LogP contribution in [0.25, 0.3) is 0 Å². The Kier molecular flexibility index (Phi) is 4.45. The lowest BCUT2D eigenvalue weighted by atomic mass is 10.1. The molecule has 1 aromatic heterocycles. The monoisotopic (exact) mass is 352 g/mol. The zero-order valence-electron chi connectivity index (χ0n) is 14.0. The summed E-state index contributed by atoms with van der Waals surface area (Å²) in [5.41, 5.74) is 0.948. The number of amides is 1. The Bertz CT molecular complexity index is 792. The van der Waals surface area contributed by atoms with Gasteiger partial charge in [0.25, 0.3) is 5.91 Å². The lowest BCUT2D eigenvalue weighted by Gasteiger charge is -2.23. The van der Waals surface area contributed by atoms with E-state index in [1.54, 1.807) is 20.0 Å². The van der Waals surface area contributed by atoms with E-state index in [1.807, 2.05) is 4.90 Å². The number of benzene rings is 1. The minimum absolute atomic E-state index is 0.167. The third-order valence-electron chi connectivity index (χ3n) is 4.25. The van der Waals surface area contributed by atoms with Gasteiger partial charge in [-0.1, -0.05) is 0 Å². The predicted molar refractivity (Wildman–Crippen MR) is 88.8 cm³/mol. The van der Waals surface area contributed by atoms with Gasteiger partial charge in [-0.2, -0.15) is 18.3 Å². The van der Waals surface area contributed by atoms with Crippen LogP contribution in [0.15, 0.2) is 24.3 Å². The van der Waals surface area contributed by atoms with Crippen molar-refractivity contribution in [3.8, 4) is 0 Å². The summed E-state index contributed by atoms with van der Waals surface area (Å²) < 4.78 is 40.6. The van der Waals surface area contributed by atoms with E-state index in [-0.39, 0.29) is 5.69 Å². The van der Waals surface area contributed by atoms with Crippen molar-refractivity contribution in [3.05, 3.63) is 41.2 Å². The molecule has 2 aromatic rings.